The molecule has 1 heterocycles. The zero-order valence-corrected chi connectivity index (χ0v) is 17.7. The lowest BCUT2D eigenvalue weighted by Gasteiger charge is -2.17. The van der Waals surface area contributed by atoms with Crippen molar-refractivity contribution in [2.24, 2.45) is 5.92 Å². The van der Waals surface area contributed by atoms with Crippen molar-refractivity contribution in [1.82, 2.24) is 0 Å². The number of ether oxygens (including phenoxy) is 1. The molecule has 31 heavy (non-hydrogen) atoms. The second-order valence-electron chi connectivity index (χ2n) is 7.52. The number of hydrogen-bond acceptors (Lipinski definition) is 4. The van der Waals surface area contributed by atoms with E-state index in [0.717, 1.165) is 16.3 Å². The van der Waals surface area contributed by atoms with Crippen molar-refractivity contribution in [3.63, 3.8) is 0 Å². The molecule has 1 aliphatic heterocycles. The minimum atomic E-state index is -0.627. The Kier molecular flexibility index (Phi) is 5.91. The maximum absolute atomic E-state index is 12.5. The Balaban J connectivity index is 1.35. The first-order valence-corrected chi connectivity index (χ1v) is 10.3. The monoisotopic (exact) mass is 436 g/mol. The molecule has 1 N–H and O–H groups in total. The van der Waals surface area contributed by atoms with E-state index in [1.807, 2.05) is 49.4 Å². The summed E-state index contributed by atoms with van der Waals surface area (Å²) in [6.07, 6.45) is 0.0370. The smallest absolute Gasteiger partial charge is 0.311 e. The van der Waals surface area contributed by atoms with E-state index < -0.39 is 24.4 Å². The minimum Gasteiger partial charge on any atom is -0.455 e. The Labute approximate surface area is 184 Å². The molecule has 0 bridgehead atoms. The summed E-state index contributed by atoms with van der Waals surface area (Å²) in [6.45, 7) is 1.66. The summed E-state index contributed by atoms with van der Waals surface area (Å²) in [5.74, 6) is -1.81. The first-order valence-electron chi connectivity index (χ1n) is 9.93. The molecule has 6 nitrogen and oxygen atoms in total. The Hall–Kier alpha value is -3.38. The number of fused-ring (bicyclic) bond motifs is 1. The van der Waals surface area contributed by atoms with Gasteiger partial charge in [-0.3, -0.25) is 14.4 Å². The van der Waals surface area contributed by atoms with Crippen LogP contribution in [-0.4, -0.2) is 30.9 Å². The fourth-order valence-corrected chi connectivity index (χ4v) is 3.81. The Morgan fingerprint density at radius 1 is 1.13 bits per heavy atom. The maximum Gasteiger partial charge on any atom is 0.311 e. The summed E-state index contributed by atoms with van der Waals surface area (Å²) >= 11 is 6.15. The van der Waals surface area contributed by atoms with E-state index >= 15 is 0 Å². The first-order chi connectivity index (χ1) is 14.9. The molecule has 0 saturated carbocycles. The van der Waals surface area contributed by atoms with Crippen LogP contribution in [-0.2, 0) is 19.1 Å². The van der Waals surface area contributed by atoms with Gasteiger partial charge < -0.3 is 15.0 Å². The highest BCUT2D eigenvalue weighted by Crippen LogP contribution is 2.29. The SMILES string of the molecule is Cc1ccc(N2C[C@@H](C(=O)OCC(=O)Nc3cccc4ccccc34)CC2=O)cc1Cl. The first kappa shape index (κ1) is 20.9. The third kappa shape index (κ3) is 4.54. The Bertz CT molecular complexity index is 1170. The van der Waals surface area contributed by atoms with Gasteiger partial charge in [-0.1, -0.05) is 54.1 Å². The van der Waals surface area contributed by atoms with Crippen LogP contribution in [0, 0.1) is 12.8 Å². The molecule has 1 fully saturated rings. The molecular weight excluding hydrogens is 416 g/mol. The van der Waals surface area contributed by atoms with Gasteiger partial charge in [0.2, 0.25) is 5.91 Å². The molecule has 0 radical (unpaired) electrons. The van der Waals surface area contributed by atoms with E-state index in [1.165, 1.54) is 4.90 Å². The Morgan fingerprint density at radius 2 is 1.90 bits per heavy atom. The van der Waals surface area contributed by atoms with E-state index in [4.69, 9.17) is 16.3 Å². The number of nitrogens with zero attached hydrogens (tertiary/aromatic N) is 1. The van der Waals surface area contributed by atoms with Crippen molar-refractivity contribution >= 4 is 51.5 Å². The number of rotatable bonds is 5. The van der Waals surface area contributed by atoms with Gasteiger partial charge in [0.05, 0.1) is 5.92 Å². The van der Waals surface area contributed by atoms with Crippen molar-refractivity contribution < 1.29 is 19.1 Å². The summed E-state index contributed by atoms with van der Waals surface area (Å²) in [6, 6.07) is 18.6. The van der Waals surface area contributed by atoms with Crippen LogP contribution in [0.2, 0.25) is 5.02 Å². The van der Waals surface area contributed by atoms with Gasteiger partial charge in [0.15, 0.2) is 6.61 Å². The van der Waals surface area contributed by atoms with Crippen molar-refractivity contribution in [2.45, 2.75) is 13.3 Å². The van der Waals surface area contributed by atoms with Crippen molar-refractivity contribution in [1.29, 1.82) is 0 Å². The van der Waals surface area contributed by atoms with E-state index in [2.05, 4.69) is 5.32 Å². The molecule has 3 aromatic rings. The standard InChI is InChI=1S/C24H21ClN2O4/c1-15-9-10-18(12-20(15)25)27-13-17(11-23(27)29)24(30)31-14-22(28)26-21-8-4-6-16-5-2-3-7-19(16)21/h2-10,12,17H,11,13-14H2,1H3,(H,26,28)/t17-/m0/s1. The number of nitrogens with one attached hydrogen (secondary N) is 1. The van der Waals surface area contributed by atoms with Gasteiger partial charge in [0.1, 0.15) is 0 Å². The van der Waals surface area contributed by atoms with Crippen LogP contribution in [0.5, 0.6) is 0 Å². The summed E-state index contributed by atoms with van der Waals surface area (Å²) in [7, 11) is 0. The number of carbonyl (C=O) groups excluding carboxylic acids is 3. The third-order valence-corrected chi connectivity index (χ3v) is 5.74. The number of amides is 2. The van der Waals surface area contributed by atoms with E-state index in [1.54, 1.807) is 18.2 Å². The van der Waals surface area contributed by atoms with Gasteiger partial charge in [-0.15, -0.1) is 0 Å². The number of esters is 1. The van der Waals surface area contributed by atoms with Crippen molar-refractivity contribution in [3.8, 4) is 0 Å². The van der Waals surface area contributed by atoms with Gasteiger partial charge >= 0.3 is 5.97 Å². The van der Waals surface area contributed by atoms with Crippen LogP contribution >= 0.6 is 11.6 Å². The molecule has 7 heteroatoms. The molecule has 0 unspecified atom stereocenters. The molecule has 1 atom stereocenters. The maximum atomic E-state index is 12.5. The summed E-state index contributed by atoms with van der Waals surface area (Å²) in [5.41, 5.74) is 2.20. The van der Waals surface area contributed by atoms with Gasteiger partial charge in [0.25, 0.3) is 5.91 Å². The molecule has 1 saturated heterocycles. The van der Waals surface area contributed by atoms with Gasteiger partial charge in [-0.2, -0.15) is 0 Å². The second kappa shape index (κ2) is 8.78. The Morgan fingerprint density at radius 3 is 2.71 bits per heavy atom. The summed E-state index contributed by atoms with van der Waals surface area (Å²) < 4.78 is 5.19. The number of aryl methyl sites for hydroxylation is 1. The molecule has 3 aromatic carbocycles. The fraction of sp³-hybridized carbons (Fsp3) is 0.208. The zero-order chi connectivity index (χ0) is 22.0. The van der Waals surface area contributed by atoms with Crippen LogP contribution in [0.1, 0.15) is 12.0 Å². The van der Waals surface area contributed by atoms with Crippen LogP contribution < -0.4 is 10.2 Å². The summed E-state index contributed by atoms with van der Waals surface area (Å²) in [5, 5.41) is 5.23. The molecule has 0 spiro atoms. The van der Waals surface area contributed by atoms with E-state index in [9.17, 15) is 14.4 Å². The highest BCUT2D eigenvalue weighted by atomic mass is 35.5. The second-order valence-corrected chi connectivity index (χ2v) is 7.93. The van der Waals surface area contributed by atoms with Crippen molar-refractivity contribution in [2.75, 3.05) is 23.4 Å². The normalized spacial score (nSPS) is 15.9. The van der Waals surface area contributed by atoms with Crippen LogP contribution in [0.25, 0.3) is 10.8 Å². The number of benzene rings is 3. The van der Waals surface area contributed by atoms with Crippen LogP contribution in [0.15, 0.2) is 60.7 Å². The minimum absolute atomic E-state index is 0.0370. The number of anilines is 2. The largest absolute Gasteiger partial charge is 0.455 e. The van der Waals surface area contributed by atoms with E-state index in [0.29, 0.717) is 16.4 Å². The predicted molar refractivity (Wildman–Crippen MR) is 120 cm³/mol. The predicted octanol–water partition coefficient (Wildman–Crippen LogP) is 4.34. The highest BCUT2D eigenvalue weighted by Gasteiger charge is 2.36. The molecular formula is C24H21ClN2O4. The number of carbonyl (C=O) groups is 3. The van der Waals surface area contributed by atoms with Crippen LogP contribution in [0.4, 0.5) is 11.4 Å². The average Bonchev–Trinajstić information content (AvgIpc) is 3.16. The van der Waals surface area contributed by atoms with Gasteiger partial charge in [-0.05, 0) is 36.1 Å². The molecule has 4 rings (SSSR count). The number of hydrogen-bond donors (Lipinski definition) is 1. The number of halogens is 1. The lowest BCUT2D eigenvalue weighted by molar-refractivity contribution is -0.151. The molecule has 0 aliphatic carbocycles. The third-order valence-electron chi connectivity index (χ3n) is 5.33. The van der Waals surface area contributed by atoms with Crippen LogP contribution in [0.3, 0.4) is 0 Å². The van der Waals surface area contributed by atoms with Gasteiger partial charge in [-0.25, -0.2) is 0 Å². The lowest BCUT2D eigenvalue weighted by Crippen LogP contribution is -2.28. The van der Waals surface area contributed by atoms with Gasteiger partial charge in [0, 0.05) is 34.7 Å². The molecule has 2 amide bonds. The van der Waals surface area contributed by atoms with E-state index in [-0.39, 0.29) is 18.9 Å². The quantitative estimate of drug-likeness (QED) is 0.604. The fourth-order valence-electron chi connectivity index (χ4n) is 3.64. The molecule has 1 aliphatic rings. The zero-order valence-electron chi connectivity index (χ0n) is 16.9. The van der Waals surface area contributed by atoms with Crippen molar-refractivity contribution in [3.05, 3.63) is 71.2 Å². The lowest BCUT2D eigenvalue weighted by atomic mass is 10.1. The molecule has 158 valence electrons. The topological polar surface area (TPSA) is 75.7 Å². The summed E-state index contributed by atoms with van der Waals surface area (Å²) in [4.78, 5) is 38.7. The highest BCUT2D eigenvalue weighted by molar-refractivity contribution is 6.31. The molecule has 0 aromatic heterocycles. The average molecular weight is 437 g/mol.